The number of hydrogen-bond donors (Lipinski definition) is 3. The lowest BCUT2D eigenvalue weighted by Crippen LogP contribution is -1.80. The van der Waals surface area contributed by atoms with Crippen LogP contribution in [0.4, 0.5) is 0 Å². The summed E-state index contributed by atoms with van der Waals surface area (Å²) in [6.45, 7) is 0. The number of fused-ring (bicyclic) bond motifs is 1. The van der Waals surface area contributed by atoms with Crippen LogP contribution in [-0.4, -0.2) is 20.2 Å². The molecule has 1 heterocycles. The quantitative estimate of drug-likeness (QED) is 0.595. The summed E-state index contributed by atoms with van der Waals surface area (Å²) in [6, 6.07) is 7.79. The first-order chi connectivity index (χ1) is 9.04. The molecule has 0 spiro atoms. The van der Waals surface area contributed by atoms with E-state index in [0.29, 0.717) is 32.5 Å². The molecular weight excluding hydrogens is 287 g/mol. The van der Waals surface area contributed by atoms with E-state index in [4.69, 9.17) is 23.2 Å². The minimum absolute atomic E-state index is 0.180. The SMILES string of the molecule is Oc1ccc(-c2nc3c(Cl)cc(Cl)cc3[nH]2)cc1O. The fourth-order valence-electron chi connectivity index (χ4n) is 1.85. The van der Waals surface area contributed by atoms with E-state index in [0.717, 1.165) is 0 Å². The monoisotopic (exact) mass is 294 g/mol. The highest BCUT2D eigenvalue weighted by Gasteiger charge is 2.11. The Hall–Kier alpha value is -1.91. The Labute approximate surface area is 118 Å². The number of H-pyrrole nitrogens is 1. The molecule has 0 aliphatic carbocycles. The van der Waals surface area contributed by atoms with Crippen LogP contribution in [0.3, 0.4) is 0 Å². The number of aromatic hydroxyl groups is 2. The van der Waals surface area contributed by atoms with E-state index in [1.54, 1.807) is 18.2 Å². The Kier molecular flexibility index (Phi) is 2.77. The highest BCUT2D eigenvalue weighted by atomic mass is 35.5. The van der Waals surface area contributed by atoms with Gasteiger partial charge in [0.15, 0.2) is 11.5 Å². The van der Waals surface area contributed by atoms with E-state index in [1.165, 1.54) is 12.1 Å². The number of aromatic nitrogens is 2. The van der Waals surface area contributed by atoms with Crippen LogP contribution in [0, 0.1) is 0 Å². The lowest BCUT2D eigenvalue weighted by atomic mass is 10.2. The Balaban J connectivity index is 2.20. The second-order valence-corrected chi connectivity index (χ2v) is 4.92. The Morgan fingerprint density at radius 3 is 2.53 bits per heavy atom. The topological polar surface area (TPSA) is 69.1 Å². The number of rotatable bonds is 1. The van der Waals surface area contributed by atoms with Crippen LogP contribution in [0.15, 0.2) is 30.3 Å². The van der Waals surface area contributed by atoms with Gasteiger partial charge in [0.05, 0.1) is 10.5 Å². The summed E-state index contributed by atoms with van der Waals surface area (Å²) >= 11 is 12.0. The zero-order chi connectivity index (χ0) is 13.6. The summed E-state index contributed by atoms with van der Waals surface area (Å²) < 4.78 is 0. The number of phenols is 2. The number of hydrogen-bond acceptors (Lipinski definition) is 3. The van der Waals surface area contributed by atoms with E-state index < -0.39 is 0 Å². The van der Waals surface area contributed by atoms with Gasteiger partial charge in [-0.1, -0.05) is 23.2 Å². The number of aromatic amines is 1. The molecule has 3 rings (SSSR count). The van der Waals surface area contributed by atoms with Gasteiger partial charge in [-0.2, -0.15) is 0 Å². The third kappa shape index (κ3) is 2.09. The summed E-state index contributed by atoms with van der Waals surface area (Å²) in [4.78, 5) is 7.42. The van der Waals surface area contributed by atoms with Crippen LogP contribution in [0.2, 0.25) is 10.0 Å². The first-order valence-corrected chi connectivity index (χ1v) is 6.17. The third-order valence-electron chi connectivity index (χ3n) is 2.75. The number of nitrogens with zero attached hydrogens (tertiary/aromatic N) is 1. The Bertz CT molecular complexity index is 784. The van der Waals surface area contributed by atoms with Crippen molar-refractivity contribution in [2.75, 3.05) is 0 Å². The van der Waals surface area contributed by atoms with Gasteiger partial charge in [0.1, 0.15) is 11.3 Å². The number of imidazole rings is 1. The van der Waals surface area contributed by atoms with Crippen molar-refractivity contribution < 1.29 is 10.2 Å². The van der Waals surface area contributed by atoms with E-state index in [1.807, 2.05) is 0 Å². The van der Waals surface area contributed by atoms with Crippen molar-refractivity contribution >= 4 is 34.2 Å². The molecule has 6 heteroatoms. The molecule has 3 aromatic rings. The maximum absolute atomic E-state index is 9.50. The predicted molar refractivity (Wildman–Crippen MR) is 74.9 cm³/mol. The molecule has 0 saturated carbocycles. The van der Waals surface area contributed by atoms with Crippen LogP contribution in [0.1, 0.15) is 0 Å². The maximum Gasteiger partial charge on any atom is 0.158 e. The zero-order valence-corrected chi connectivity index (χ0v) is 11.0. The summed E-state index contributed by atoms with van der Waals surface area (Å²) in [5.74, 6) is 0.150. The van der Waals surface area contributed by atoms with E-state index in [-0.39, 0.29) is 11.5 Å². The summed E-state index contributed by atoms with van der Waals surface area (Å²) in [7, 11) is 0. The Morgan fingerprint density at radius 2 is 1.79 bits per heavy atom. The Morgan fingerprint density at radius 1 is 1.00 bits per heavy atom. The first-order valence-electron chi connectivity index (χ1n) is 5.42. The molecule has 4 nitrogen and oxygen atoms in total. The molecule has 1 aromatic heterocycles. The fraction of sp³-hybridized carbons (Fsp3) is 0. The van der Waals surface area contributed by atoms with Crippen molar-refractivity contribution in [2.45, 2.75) is 0 Å². The second-order valence-electron chi connectivity index (χ2n) is 4.07. The molecule has 2 aromatic carbocycles. The molecule has 0 unspecified atom stereocenters. The average molecular weight is 295 g/mol. The standard InChI is InChI=1S/C13H8Cl2N2O2/c14-7-4-8(15)12-9(5-7)16-13(17-12)6-1-2-10(18)11(19)3-6/h1-5,18-19H,(H,16,17). The van der Waals surface area contributed by atoms with Gasteiger partial charge < -0.3 is 15.2 Å². The fourth-order valence-corrected chi connectivity index (χ4v) is 2.39. The van der Waals surface area contributed by atoms with Gasteiger partial charge in [0.2, 0.25) is 0 Å². The smallest absolute Gasteiger partial charge is 0.158 e. The average Bonchev–Trinajstić information content (AvgIpc) is 2.76. The molecule has 0 atom stereocenters. The zero-order valence-electron chi connectivity index (χ0n) is 9.48. The molecular formula is C13H8Cl2N2O2. The van der Waals surface area contributed by atoms with Crippen molar-refractivity contribution in [1.82, 2.24) is 9.97 Å². The van der Waals surface area contributed by atoms with Gasteiger partial charge in [0.25, 0.3) is 0 Å². The second kappa shape index (κ2) is 4.33. The van der Waals surface area contributed by atoms with Crippen molar-refractivity contribution in [3.63, 3.8) is 0 Å². The highest BCUT2D eigenvalue weighted by molar-refractivity contribution is 6.38. The van der Waals surface area contributed by atoms with Gasteiger partial charge in [-0.25, -0.2) is 4.98 Å². The van der Waals surface area contributed by atoms with E-state index >= 15 is 0 Å². The van der Waals surface area contributed by atoms with E-state index in [2.05, 4.69) is 9.97 Å². The molecule has 0 bridgehead atoms. The van der Waals surface area contributed by atoms with Gasteiger partial charge in [-0.05, 0) is 30.3 Å². The highest BCUT2D eigenvalue weighted by Crippen LogP contribution is 2.32. The van der Waals surface area contributed by atoms with Gasteiger partial charge in [-0.15, -0.1) is 0 Å². The summed E-state index contributed by atoms with van der Waals surface area (Å²) in [5.41, 5.74) is 1.95. The summed E-state index contributed by atoms with van der Waals surface area (Å²) in [6.07, 6.45) is 0. The third-order valence-corrected chi connectivity index (χ3v) is 3.26. The molecule has 0 amide bonds. The van der Waals surface area contributed by atoms with E-state index in [9.17, 15) is 10.2 Å². The predicted octanol–water partition coefficient (Wildman–Crippen LogP) is 3.95. The van der Waals surface area contributed by atoms with Gasteiger partial charge in [-0.3, -0.25) is 0 Å². The molecule has 3 N–H and O–H groups in total. The largest absolute Gasteiger partial charge is 0.504 e. The number of halogens is 2. The van der Waals surface area contributed by atoms with Crippen LogP contribution in [-0.2, 0) is 0 Å². The molecule has 0 fully saturated rings. The molecule has 19 heavy (non-hydrogen) atoms. The molecule has 0 saturated heterocycles. The minimum Gasteiger partial charge on any atom is -0.504 e. The number of nitrogens with one attached hydrogen (secondary N) is 1. The van der Waals surface area contributed by atoms with Crippen molar-refractivity contribution in [2.24, 2.45) is 0 Å². The molecule has 96 valence electrons. The molecule has 0 aliphatic heterocycles. The normalized spacial score (nSPS) is 11.1. The van der Waals surface area contributed by atoms with Gasteiger partial charge >= 0.3 is 0 Å². The van der Waals surface area contributed by atoms with Gasteiger partial charge in [0, 0.05) is 10.6 Å². The van der Waals surface area contributed by atoms with Crippen LogP contribution in [0.5, 0.6) is 11.5 Å². The van der Waals surface area contributed by atoms with Crippen molar-refractivity contribution in [1.29, 1.82) is 0 Å². The van der Waals surface area contributed by atoms with Crippen LogP contribution < -0.4 is 0 Å². The van der Waals surface area contributed by atoms with Crippen LogP contribution >= 0.6 is 23.2 Å². The van der Waals surface area contributed by atoms with Crippen molar-refractivity contribution in [3.05, 3.63) is 40.4 Å². The lowest BCUT2D eigenvalue weighted by molar-refractivity contribution is 0.404. The minimum atomic E-state index is -0.206. The maximum atomic E-state index is 9.50. The first kappa shape index (κ1) is 12.1. The lowest BCUT2D eigenvalue weighted by Gasteiger charge is -1.99. The molecule has 0 radical (unpaired) electrons. The number of phenolic OH excluding ortho intramolecular Hbond substituents is 2. The number of benzene rings is 2. The van der Waals surface area contributed by atoms with Crippen LogP contribution in [0.25, 0.3) is 22.4 Å². The molecule has 0 aliphatic rings. The summed E-state index contributed by atoms with van der Waals surface area (Å²) in [5, 5.41) is 19.8. The van der Waals surface area contributed by atoms with Crippen molar-refractivity contribution in [3.8, 4) is 22.9 Å².